The molecule has 0 unspecified atom stereocenters. The highest BCUT2D eigenvalue weighted by Gasteiger charge is 2.10. The minimum Gasteiger partial charge on any atom is -0.493 e. The third-order valence-corrected chi connectivity index (χ3v) is 3.90. The lowest BCUT2D eigenvalue weighted by Gasteiger charge is -2.05. The average Bonchev–Trinajstić information content (AvgIpc) is 2.29. The second-order valence-corrected chi connectivity index (χ2v) is 5.65. The molecule has 0 saturated carbocycles. The third-order valence-electron chi connectivity index (χ3n) is 2.15. The zero-order chi connectivity index (χ0) is 12.9. The highest BCUT2D eigenvalue weighted by atomic mass is 32.2. The summed E-state index contributed by atoms with van der Waals surface area (Å²) in [7, 11) is -3.20. The molecule has 94 valence electrons. The van der Waals surface area contributed by atoms with Crippen LogP contribution in [0, 0.1) is 0 Å². The lowest BCUT2D eigenvalue weighted by molar-refractivity contribution is -0.137. The highest BCUT2D eigenvalue weighted by Crippen LogP contribution is 2.17. The maximum absolute atomic E-state index is 11.5. The fraction of sp³-hybridized carbons (Fsp3) is 0.364. The minimum absolute atomic E-state index is 0.0478. The van der Waals surface area contributed by atoms with Crippen LogP contribution in [0.3, 0.4) is 0 Å². The number of rotatable bonds is 6. The first-order chi connectivity index (χ1) is 7.95. The molecule has 0 aliphatic heterocycles. The second-order valence-electron chi connectivity index (χ2n) is 3.37. The number of carbonyl (C=O) groups is 1. The Morgan fingerprint density at radius 2 is 1.88 bits per heavy atom. The van der Waals surface area contributed by atoms with Gasteiger partial charge in [0.25, 0.3) is 0 Å². The smallest absolute Gasteiger partial charge is 0.306 e. The zero-order valence-electron chi connectivity index (χ0n) is 9.42. The van der Waals surface area contributed by atoms with Gasteiger partial charge in [0.2, 0.25) is 0 Å². The van der Waals surface area contributed by atoms with Crippen molar-refractivity contribution in [2.45, 2.75) is 18.2 Å². The van der Waals surface area contributed by atoms with E-state index in [1.165, 1.54) is 24.3 Å². The van der Waals surface area contributed by atoms with Gasteiger partial charge in [-0.25, -0.2) is 8.42 Å². The molecule has 0 spiro atoms. The summed E-state index contributed by atoms with van der Waals surface area (Å²) in [6.45, 7) is 1.64. The molecule has 5 nitrogen and oxygen atoms in total. The van der Waals surface area contributed by atoms with E-state index in [1.807, 2.05) is 0 Å². The maximum Gasteiger partial charge on any atom is 0.306 e. The van der Waals surface area contributed by atoms with Gasteiger partial charge >= 0.3 is 5.97 Å². The lowest BCUT2D eigenvalue weighted by atomic mass is 10.3. The highest BCUT2D eigenvalue weighted by molar-refractivity contribution is 7.91. The van der Waals surface area contributed by atoms with E-state index in [0.717, 1.165) is 0 Å². The number of hydrogen-bond donors (Lipinski definition) is 1. The van der Waals surface area contributed by atoms with E-state index in [0.29, 0.717) is 5.75 Å². The van der Waals surface area contributed by atoms with E-state index in [-0.39, 0.29) is 23.7 Å². The molecule has 0 fully saturated rings. The number of carboxylic acids is 1. The van der Waals surface area contributed by atoms with E-state index in [4.69, 9.17) is 9.84 Å². The van der Waals surface area contributed by atoms with Gasteiger partial charge in [-0.15, -0.1) is 0 Å². The van der Waals surface area contributed by atoms with Crippen LogP contribution >= 0.6 is 0 Å². The summed E-state index contributed by atoms with van der Waals surface area (Å²) in [5, 5.41) is 8.41. The summed E-state index contributed by atoms with van der Waals surface area (Å²) in [6.07, 6.45) is -0.0883. The predicted molar refractivity (Wildman–Crippen MR) is 61.9 cm³/mol. The van der Waals surface area contributed by atoms with Crippen LogP contribution in [-0.4, -0.2) is 31.9 Å². The van der Waals surface area contributed by atoms with Crippen molar-refractivity contribution in [1.82, 2.24) is 0 Å². The van der Waals surface area contributed by atoms with Gasteiger partial charge in [-0.3, -0.25) is 4.79 Å². The van der Waals surface area contributed by atoms with E-state index in [9.17, 15) is 13.2 Å². The molecule has 0 saturated heterocycles. The van der Waals surface area contributed by atoms with E-state index < -0.39 is 15.8 Å². The topological polar surface area (TPSA) is 80.7 Å². The molecular weight excluding hydrogens is 244 g/mol. The van der Waals surface area contributed by atoms with Crippen LogP contribution in [-0.2, 0) is 14.6 Å². The number of carboxylic acid groups (broad SMARTS) is 1. The van der Waals surface area contributed by atoms with Gasteiger partial charge in [-0.1, -0.05) is 6.92 Å². The van der Waals surface area contributed by atoms with Gasteiger partial charge in [-0.2, -0.15) is 0 Å². The molecule has 0 aliphatic rings. The fourth-order valence-electron chi connectivity index (χ4n) is 1.17. The first-order valence-electron chi connectivity index (χ1n) is 5.13. The Balaban J connectivity index is 2.66. The lowest BCUT2D eigenvalue weighted by Crippen LogP contribution is -2.06. The van der Waals surface area contributed by atoms with E-state index >= 15 is 0 Å². The number of benzene rings is 1. The van der Waals surface area contributed by atoms with E-state index in [2.05, 4.69) is 0 Å². The van der Waals surface area contributed by atoms with Crippen LogP contribution in [0.1, 0.15) is 13.3 Å². The predicted octanol–water partition coefficient (Wildman–Crippen LogP) is 1.33. The van der Waals surface area contributed by atoms with Crippen LogP contribution in [0.4, 0.5) is 0 Å². The molecule has 1 aromatic carbocycles. The third kappa shape index (κ3) is 4.07. The molecule has 0 aromatic heterocycles. The molecular formula is C11H14O5S. The Morgan fingerprint density at radius 1 is 1.29 bits per heavy atom. The maximum atomic E-state index is 11.5. The van der Waals surface area contributed by atoms with Crippen LogP contribution < -0.4 is 4.74 Å². The van der Waals surface area contributed by atoms with Crippen molar-refractivity contribution in [3.05, 3.63) is 24.3 Å². The average molecular weight is 258 g/mol. The van der Waals surface area contributed by atoms with Crippen molar-refractivity contribution in [1.29, 1.82) is 0 Å². The molecule has 0 aliphatic carbocycles. The molecule has 1 N–H and O–H groups in total. The Morgan fingerprint density at radius 3 is 2.35 bits per heavy atom. The van der Waals surface area contributed by atoms with Crippen LogP contribution in [0.15, 0.2) is 29.2 Å². The number of ether oxygens (including phenoxy) is 1. The number of sulfone groups is 1. The summed E-state index contributed by atoms with van der Waals surface area (Å²) in [6, 6.07) is 5.94. The zero-order valence-corrected chi connectivity index (χ0v) is 10.2. The van der Waals surface area contributed by atoms with Crippen molar-refractivity contribution in [3.8, 4) is 5.75 Å². The van der Waals surface area contributed by atoms with Crippen molar-refractivity contribution in [2.24, 2.45) is 0 Å². The van der Waals surface area contributed by atoms with E-state index in [1.54, 1.807) is 6.92 Å². The van der Waals surface area contributed by atoms with Gasteiger partial charge in [-0.05, 0) is 24.3 Å². The van der Waals surface area contributed by atoms with Gasteiger partial charge in [0.15, 0.2) is 9.84 Å². The molecule has 0 radical (unpaired) electrons. The van der Waals surface area contributed by atoms with Crippen LogP contribution in [0.5, 0.6) is 5.75 Å². The number of aliphatic carboxylic acids is 1. The Bertz CT molecular complexity index is 475. The van der Waals surface area contributed by atoms with Crippen LogP contribution in [0.25, 0.3) is 0 Å². The summed E-state index contributed by atoms with van der Waals surface area (Å²) < 4.78 is 28.1. The molecule has 1 aromatic rings. The molecule has 0 heterocycles. The Hall–Kier alpha value is -1.56. The van der Waals surface area contributed by atoms with Crippen molar-refractivity contribution in [2.75, 3.05) is 12.4 Å². The molecule has 0 bridgehead atoms. The Kier molecular flexibility index (Phi) is 4.51. The first-order valence-corrected chi connectivity index (χ1v) is 6.78. The van der Waals surface area contributed by atoms with Crippen molar-refractivity contribution < 1.29 is 23.1 Å². The fourth-order valence-corrected chi connectivity index (χ4v) is 2.05. The minimum atomic E-state index is -3.20. The second kappa shape index (κ2) is 5.67. The number of hydrogen-bond acceptors (Lipinski definition) is 4. The van der Waals surface area contributed by atoms with Gasteiger partial charge in [0.05, 0.1) is 23.7 Å². The van der Waals surface area contributed by atoms with Gasteiger partial charge < -0.3 is 9.84 Å². The van der Waals surface area contributed by atoms with Gasteiger partial charge in [0, 0.05) is 0 Å². The SMILES string of the molecule is CCS(=O)(=O)c1ccc(OCCC(=O)O)cc1. The monoisotopic (exact) mass is 258 g/mol. The standard InChI is InChI=1S/C11H14O5S/c1-2-17(14,15)10-5-3-9(4-6-10)16-8-7-11(12)13/h3-6H,2,7-8H2,1H3,(H,12,13). The molecule has 1 rings (SSSR count). The molecule has 17 heavy (non-hydrogen) atoms. The summed E-state index contributed by atoms with van der Waals surface area (Å²) in [4.78, 5) is 10.5. The van der Waals surface area contributed by atoms with Crippen molar-refractivity contribution in [3.63, 3.8) is 0 Å². The molecule has 0 amide bonds. The summed E-state index contributed by atoms with van der Waals surface area (Å²) in [5.74, 6) is -0.428. The molecule has 6 heteroatoms. The van der Waals surface area contributed by atoms with Crippen molar-refractivity contribution >= 4 is 15.8 Å². The normalized spacial score (nSPS) is 11.1. The summed E-state index contributed by atoms with van der Waals surface area (Å²) >= 11 is 0. The van der Waals surface area contributed by atoms with Crippen LogP contribution in [0.2, 0.25) is 0 Å². The molecule has 0 atom stereocenters. The first kappa shape index (κ1) is 13.5. The Labute approximate surface area is 100.0 Å². The summed E-state index contributed by atoms with van der Waals surface area (Å²) in [5.41, 5.74) is 0. The van der Waals surface area contributed by atoms with Gasteiger partial charge in [0.1, 0.15) is 5.75 Å². The quantitative estimate of drug-likeness (QED) is 0.832. The largest absolute Gasteiger partial charge is 0.493 e.